The minimum Gasteiger partial charge on any atom is -0.387 e. The van der Waals surface area contributed by atoms with E-state index < -0.39 is 34.5 Å². The lowest BCUT2D eigenvalue weighted by atomic mass is 10.0. The van der Waals surface area contributed by atoms with E-state index in [4.69, 9.17) is 27.8 Å². The lowest BCUT2D eigenvalue weighted by Gasteiger charge is -2.28. The van der Waals surface area contributed by atoms with Gasteiger partial charge in [0.15, 0.2) is 0 Å². The van der Waals surface area contributed by atoms with Gasteiger partial charge in [-0.1, -0.05) is 66.4 Å². The van der Waals surface area contributed by atoms with Crippen LogP contribution in [0.4, 0.5) is 0 Å². The third kappa shape index (κ3) is 17.2. The zero-order valence-electron chi connectivity index (χ0n) is 61.5. The van der Waals surface area contributed by atoms with Crippen molar-refractivity contribution in [2.75, 3.05) is 58.6 Å². The first-order valence-electron chi connectivity index (χ1n) is 37.2. The van der Waals surface area contributed by atoms with E-state index >= 15 is 0 Å². The molecule has 5 N–H and O–H groups in total. The van der Waals surface area contributed by atoms with Gasteiger partial charge in [0.05, 0.1) is 55.8 Å². The van der Waals surface area contributed by atoms with E-state index in [1.54, 1.807) is 49.6 Å². The van der Waals surface area contributed by atoms with E-state index in [0.717, 1.165) is 151 Å². The van der Waals surface area contributed by atoms with Gasteiger partial charge < -0.3 is 43.6 Å². The minimum atomic E-state index is -3.98. The van der Waals surface area contributed by atoms with Crippen molar-refractivity contribution in [3.8, 4) is 0 Å². The highest BCUT2D eigenvalue weighted by molar-refractivity contribution is 7.85. The number of hydrogen-bond acceptors (Lipinski definition) is 14. The van der Waals surface area contributed by atoms with Gasteiger partial charge in [0.25, 0.3) is 10.1 Å². The van der Waals surface area contributed by atoms with Gasteiger partial charge in [0, 0.05) is 216 Å². The molecule has 16 rings (SSSR count). The Kier molecular flexibility index (Phi) is 24.3. The minimum absolute atomic E-state index is 0.0280. The van der Waals surface area contributed by atoms with E-state index in [1.807, 2.05) is 67.6 Å². The van der Waals surface area contributed by atoms with E-state index in [0.29, 0.717) is 39.3 Å². The van der Waals surface area contributed by atoms with Crippen LogP contribution in [0.3, 0.4) is 0 Å². The standard InChI is InChI=1S/2C21H24ClN3O.C21H25N3O4S.C21H25N3O/c1-2-10-24-11-7-20-18(13-24)17-12-16(22)3-4-19(17)25(20)14-21(26)15-5-8-23-9-6-15;1-2-9-24-10-7-20-18(13-24)17-11-16(22)5-6-19(17)25(20)14-21(26)15-4-3-8-23-12-15;1-15-2-3-19-17(12-15)18-13-23(10-11-29(26,27)28)9-6-20(18)24(19)14-21(25)16-4-7-22-8-5-16;1-14-4-5-19-17(12-14)18-13-23(3)11-8-20(18)24(19)15(2)21(25)16-6-9-22-10-7-16/h3-6,8-9,12,21,26H,2,7,10-11,13-14H2,1H3;3-6,8,11-12,21,26H,2,7,9-10,13-14H2,1H3;2-5,7-8,12,21,25H,6,9-11,13-14H2,1H3,(H,26,27,28);4-7,9-10,12,15,21,25H,8,11,13H2,1-3H3. The van der Waals surface area contributed by atoms with E-state index in [9.17, 15) is 28.8 Å². The molecular weight excluding hydrogens is 1390 g/mol. The highest BCUT2D eigenvalue weighted by Crippen LogP contribution is 2.40. The van der Waals surface area contributed by atoms with Crippen LogP contribution in [0.15, 0.2) is 171 Å². The second-order valence-electron chi connectivity index (χ2n) is 29.0. The number of pyridine rings is 4. The van der Waals surface area contributed by atoms with Gasteiger partial charge in [-0.3, -0.25) is 39.2 Å². The summed E-state index contributed by atoms with van der Waals surface area (Å²) in [5.41, 5.74) is 21.1. The first-order valence-corrected chi connectivity index (χ1v) is 39.5. The predicted octanol–water partition coefficient (Wildman–Crippen LogP) is 14.3. The molecular formula is C84H98Cl2N12O7S. The zero-order chi connectivity index (χ0) is 74.3. The molecule has 0 saturated heterocycles. The fourth-order valence-electron chi connectivity index (χ4n) is 16.3. The molecule has 12 aromatic rings. The van der Waals surface area contributed by atoms with Crippen molar-refractivity contribution in [1.82, 2.24) is 57.8 Å². The van der Waals surface area contributed by atoms with Crippen LogP contribution in [-0.4, -0.2) is 150 Å². The number of aromatic nitrogens is 8. The number of aliphatic hydroxyl groups is 4. The molecule has 5 atom stereocenters. The molecule has 0 radical (unpaired) electrons. The second-order valence-corrected chi connectivity index (χ2v) is 31.4. The van der Waals surface area contributed by atoms with Gasteiger partial charge in [-0.05, 0) is 196 Å². The van der Waals surface area contributed by atoms with Crippen LogP contribution in [0.25, 0.3) is 43.6 Å². The second kappa shape index (κ2) is 33.9. The molecule has 19 nitrogen and oxygen atoms in total. The SMILES string of the molecule is CCCN1CCc2c(c3cc(Cl)ccc3n2CC(O)c2cccnc2)C1.CCCN1CCc2c(c3cc(Cl)ccc3n2CC(O)c2ccncc2)C1.Cc1ccc2c(c1)c1c(n2C(C)C(O)c2ccncc2)CCN(C)C1.Cc1ccc2c(c1)c1c(n2CC(O)c2ccncc2)CCN(CCS(=O)(=O)O)C1. The van der Waals surface area contributed by atoms with Gasteiger partial charge in [0.2, 0.25) is 0 Å². The molecule has 106 heavy (non-hydrogen) atoms. The Morgan fingerprint density at radius 1 is 0.453 bits per heavy atom. The Hall–Kier alpha value is -8.19. The monoisotopic (exact) mass is 1490 g/mol. The summed E-state index contributed by atoms with van der Waals surface area (Å²) in [6.07, 6.45) is 17.6. The fraction of sp³-hybridized carbons (Fsp3) is 0.381. The molecule has 4 aromatic carbocycles. The molecule has 0 bridgehead atoms. The number of rotatable bonds is 19. The summed E-state index contributed by atoms with van der Waals surface area (Å²) >= 11 is 12.6. The molecule has 4 aliphatic rings. The Bertz CT molecular complexity index is 4960. The smallest absolute Gasteiger partial charge is 0.266 e. The number of fused-ring (bicyclic) bond motifs is 12. The summed E-state index contributed by atoms with van der Waals surface area (Å²) in [5.74, 6) is -0.263. The number of aliphatic hydroxyl groups excluding tert-OH is 4. The molecule has 0 fully saturated rings. The van der Waals surface area contributed by atoms with Crippen molar-refractivity contribution in [2.45, 2.75) is 149 Å². The molecule has 0 amide bonds. The number of hydrogen-bond donors (Lipinski definition) is 5. The maximum atomic E-state index is 11.1. The number of benzene rings is 4. The van der Waals surface area contributed by atoms with Crippen molar-refractivity contribution < 1.29 is 33.4 Å². The largest absolute Gasteiger partial charge is 0.387 e. The highest BCUT2D eigenvalue weighted by Gasteiger charge is 2.32. The van der Waals surface area contributed by atoms with E-state index in [2.05, 4.69) is 153 Å². The topological polar surface area (TPSA) is 220 Å². The molecule has 0 spiro atoms. The van der Waals surface area contributed by atoms with Gasteiger partial charge in [-0.15, -0.1) is 0 Å². The first kappa shape index (κ1) is 76.0. The first-order chi connectivity index (χ1) is 51.2. The summed E-state index contributed by atoms with van der Waals surface area (Å²) in [5, 5.41) is 49.7. The summed E-state index contributed by atoms with van der Waals surface area (Å²) in [4.78, 5) is 25.7. The highest BCUT2D eigenvalue weighted by atomic mass is 35.5. The lowest BCUT2D eigenvalue weighted by molar-refractivity contribution is 0.121. The van der Waals surface area contributed by atoms with Crippen molar-refractivity contribution in [3.63, 3.8) is 0 Å². The summed E-state index contributed by atoms with van der Waals surface area (Å²) < 4.78 is 40.5. The molecule has 22 heteroatoms. The van der Waals surface area contributed by atoms with Crippen LogP contribution < -0.4 is 0 Å². The van der Waals surface area contributed by atoms with Crippen LogP contribution in [-0.2, 0) is 81.6 Å². The van der Waals surface area contributed by atoms with E-state index in [1.165, 1.54) is 72.3 Å². The predicted molar refractivity (Wildman–Crippen MR) is 423 cm³/mol. The summed E-state index contributed by atoms with van der Waals surface area (Å²) in [6.45, 7) is 22.2. The molecule has 0 saturated carbocycles. The number of nitrogens with zero attached hydrogens (tertiary/aromatic N) is 12. The van der Waals surface area contributed by atoms with Crippen molar-refractivity contribution >= 4 is 76.9 Å². The molecule has 0 aliphatic carbocycles. The molecule has 556 valence electrons. The maximum Gasteiger partial charge on any atom is 0.266 e. The Labute approximate surface area is 631 Å². The molecule has 4 aliphatic heterocycles. The maximum absolute atomic E-state index is 11.1. The number of aryl methyl sites for hydroxylation is 2. The van der Waals surface area contributed by atoms with Crippen molar-refractivity contribution in [3.05, 3.63) is 259 Å². The number of likely N-dealkylation sites (N-methyl/N-ethyl adjacent to an activating group) is 1. The van der Waals surface area contributed by atoms with E-state index in [-0.39, 0.29) is 11.8 Å². The molecule has 12 heterocycles. The average Bonchev–Trinajstić information content (AvgIpc) is 1.61. The number of halogens is 2. The van der Waals surface area contributed by atoms with Crippen LogP contribution in [0.1, 0.15) is 142 Å². The fourth-order valence-corrected chi connectivity index (χ4v) is 17.2. The third-order valence-corrected chi connectivity index (χ3v) is 22.8. The van der Waals surface area contributed by atoms with Crippen LogP contribution in [0.2, 0.25) is 10.0 Å². The Balaban J connectivity index is 0.000000125. The van der Waals surface area contributed by atoms with Gasteiger partial charge in [0.1, 0.15) is 0 Å². The lowest BCUT2D eigenvalue weighted by Crippen LogP contribution is -2.34. The van der Waals surface area contributed by atoms with Crippen molar-refractivity contribution in [1.29, 1.82) is 0 Å². The third-order valence-electron chi connectivity index (χ3n) is 21.6. The quantitative estimate of drug-likeness (QED) is 0.0476. The Morgan fingerprint density at radius 3 is 1.29 bits per heavy atom. The zero-order valence-corrected chi connectivity index (χ0v) is 63.8. The molecule has 5 unspecified atom stereocenters. The van der Waals surface area contributed by atoms with Gasteiger partial charge >= 0.3 is 0 Å². The van der Waals surface area contributed by atoms with Gasteiger partial charge in [-0.2, -0.15) is 8.42 Å². The van der Waals surface area contributed by atoms with Crippen molar-refractivity contribution in [2.24, 2.45) is 0 Å². The van der Waals surface area contributed by atoms with Crippen LogP contribution >= 0.6 is 23.2 Å². The summed E-state index contributed by atoms with van der Waals surface area (Å²) in [7, 11) is -1.80. The molecule has 8 aromatic heterocycles. The van der Waals surface area contributed by atoms with Crippen LogP contribution in [0.5, 0.6) is 0 Å². The average molecular weight is 1490 g/mol. The van der Waals surface area contributed by atoms with Gasteiger partial charge in [-0.25, -0.2) is 0 Å². The normalized spacial score (nSPS) is 16.3. The van der Waals surface area contributed by atoms with Crippen LogP contribution in [0, 0.1) is 13.8 Å². The Morgan fingerprint density at radius 2 is 0.849 bits per heavy atom. The summed E-state index contributed by atoms with van der Waals surface area (Å²) in [6, 6.07) is 40.1.